The zero-order valence-corrected chi connectivity index (χ0v) is 18.9. The minimum atomic E-state index is 0.0593. The number of nitrogens with one attached hydrogen (secondary N) is 1. The summed E-state index contributed by atoms with van der Waals surface area (Å²) in [6, 6.07) is 17.3. The smallest absolute Gasteiger partial charge is 0.253 e. The van der Waals surface area contributed by atoms with E-state index in [0.29, 0.717) is 25.2 Å². The summed E-state index contributed by atoms with van der Waals surface area (Å²) in [6.07, 6.45) is 5.23. The van der Waals surface area contributed by atoms with Crippen LogP contribution in [0.15, 0.2) is 65.2 Å². The van der Waals surface area contributed by atoms with Crippen LogP contribution in [0.3, 0.4) is 0 Å². The van der Waals surface area contributed by atoms with E-state index >= 15 is 0 Å². The molecule has 2 aliphatic rings. The van der Waals surface area contributed by atoms with E-state index in [2.05, 4.69) is 10.3 Å². The van der Waals surface area contributed by atoms with Crippen molar-refractivity contribution in [3.05, 3.63) is 77.8 Å². The lowest BCUT2D eigenvalue weighted by atomic mass is 9.90. The molecule has 3 aromatic rings. The number of amides is 2. The molecule has 3 heterocycles. The first kappa shape index (κ1) is 21.4. The average molecular weight is 444 g/mol. The third-order valence-corrected chi connectivity index (χ3v) is 7.12. The summed E-state index contributed by atoms with van der Waals surface area (Å²) in [7, 11) is 0. The zero-order valence-electron chi connectivity index (χ0n) is 18.9. The maximum atomic E-state index is 13.0. The van der Waals surface area contributed by atoms with Crippen LogP contribution in [-0.2, 0) is 11.2 Å². The molecule has 1 aliphatic heterocycles. The zero-order chi connectivity index (χ0) is 22.8. The molecule has 0 bridgehead atoms. The summed E-state index contributed by atoms with van der Waals surface area (Å²) in [4.78, 5) is 31.8. The number of benzene rings is 1. The highest BCUT2D eigenvalue weighted by Gasteiger charge is 2.58. The van der Waals surface area contributed by atoms with Crippen molar-refractivity contribution in [2.24, 2.45) is 11.3 Å². The van der Waals surface area contributed by atoms with Crippen molar-refractivity contribution >= 4 is 11.8 Å². The normalized spacial score (nSPS) is 18.8. The van der Waals surface area contributed by atoms with Gasteiger partial charge in [-0.1, -0.05) is 18.2 Å². The standard InChI is InChI=1S/C27H29N3O3/c1-19-5-10-24(33-19)20-6-8-21(9-7-20)26(32)30-16-12-27(13-17-30)18-23(27)25(31)29-15-11-22-4-2-3-14-28-22/h2-10,14,23H,11-13,15-18H2,1H3,(H,29,31)/t23-/m1/s1. The predicted octanol–water partition coefficient (Wildman–Crippen LogP) is 4.25. The lowest BCUT2D eigenvalue weighted by Gasteiger charge is -2.33. The molecule has 1 saturated carbocycles. The monoisotopic (exact) mass is 443 g/mol. The fraction of sp³-hybridized carbons (Fsp3) is 0.370. The third kappa shape index (κ3) is 4.56. The number of likely N-dealkylation sites (tertiary alicyclic amines) is 1. The highest BCUT2D eigenvalue weighted by atomic mass is 16.3. The maximum absolute atomic E-state index is 13.0. The number of aromatic nitrogens is 1. The minimum Gasteiger partial charge on any atom is -0.461 e. The maximum Gasteiger partial charge on any atom is 0.253 e. The van der Waals surface area contributed by atoms with Gasteiger partial charge in [0.25, 0.3) is 5.91 Å². The summed E-state index contributed by atoms with van der Waals surface area (Å²) in [5.74, 6) is 1.96. The Kier molecular flexibility index (Phi) is 5.75. The van der Waals surface area contributed by atoms with Crippen molar-refractivity contribution in [2.45, 2.75) is 32.6 Å². The molecule has 33 heavy (non-hydrogen) atoms. The molecule has 0 radical (unpaired) electrons. The molecule has 1 N–H and O–H groups in total. The molecule has 0 unspecified atom stereocenters. The minimum absolute atomic E-state index is 0.0593. The van der Waals surface area contributed by atoms with Crippen molar-refractivity contribution < 1.29 is 14.0 Å². The molecular formula is C27H29N3O3. The van der Waals surface area contributed by atoms with Crippen LogP contribution in [0.25, 0.3) is 11.3 Å². The first-order chi connectivity index (χ1) is 16.0. The van der Waals surface area contributed by atoms with E-state index in [1.165, 1.54) is 0 Å². The average Bonchev–Trinajstić information content (AvgIpc) is 3.37. The summed E-state index contributed by atoms with van der Waals surface area (Å²) < 4.78 is 5.66. The van der Waals surface area contributed by atoms with E-state index in [1.54, 1.807) is 6.20 Å². The lowest BCUT2D eigenvalue weighted by molar-refractivity contribution is -0.123. The van der Waals surface area contributed by atoms with Gasteiger partial charge in [-0.15, -0.1) is 0 Å². The number of nitrogens with zero attached hydrogens (tertiary/aromatic N) is 2. The fourth-order valence-electron chi connectivity index (χ4n) is 4.96. The number of carbonyl (C=O) groups is 2. The Morgan fingerprint density at radius 3 is 2.55 bits per heavy atom. The molecule has 170 valence electrons. The molecule has 2 fully saturated rings. The third-order valence-electron chi connectivity index (χ3n) is 7.12. The van der Waals surface area contributed by atoms with Gasteiger partial charge >= 0.3 is 0 Å². The molecular weight excluding hydrogens is 414 g/mol. The van der Waals surface area contributed by atoms with E-state index in [0.717, 1.165) is 48.5 Å². The Balaban J connectivity index is 1.10. The molecule has 5 rings (SSSR count). The van der Waals surface area contributed by atoms with Gasteiger partial charge in [-0.2, -0.15) is 0 Å². The van der Waals surface area contributed by atoms with Crippen LogP contribution in [-0.4, -0.2) is 41.3 Å². The number of hydrogen-bond acceptors (Lipinski definition) is 4. The van der Waals surface area contributed by atoms with Crippen molar-refractivity contribution in [2.75, 3.05) is 19.6 Å². The Morgan fingerprint density at radius 1 is 1.09 bits per heavy atom. The topological polar surface area (TPSA) is 75.4 Å². The van der Waals surface area contributed by atoms with E-state index in [9.17, 15) is 9.59 Å². The van der Waals surface area contributed by atoms with Crippen molar-refractivity contribution in [3.63, 3.8) is 0 Å². The van der Waals surface area contributed by atoms with Gasteiger partial charge in [0.1, 0.15) is 11.5 Å². The molecule has 6 heteroatoms. The first-order valence-electron chi connectivity index (χ1n) is 11.7. The number of hydrogen-bond donors (Lipinski definition) is 1. The van der Waals surface area contributed by atoms with Crippen LogP contribution in [0.4, 0.5) is 0 Å². The number of rotatable bonds is 6. The Hall–Kier alpha value is -3.41. The summed E-state index contributed by atoms with van der Waals surface area (Å²) in [6.45, 7) is 3.94. The molecule has 1 aliphatic carbocycles. The highest BCUT2D eigenvalue weighted by molar-refractivity contribution is 5.94. The van der Waals surface area contributed by atoms with Crippen LogP contribution < -0.4 is 5.32 Å². The number of furan rings is 1. The van der Waals surface area contributed by atoms with Gasteiger partial charge in [-0.3, -0.25) is 14.6 Å². The van der Waals surface area contributed by atoms with Gasteiger partial charge < -0.3 is 14.6 Å². The molecule has 2 amide bonds. The van der Waals surface area contributed by atoms with Gasteiger partial charge in [0.15, 0.2) is 0 Å². The van der Waals surface area contributed by atoms with Crippen LogP contribution in [0.2, 0.25) is 0 Å². The van der Waals surface area contributed by atoms with E-state index in [-0.39, 0.29) is 23.1 Å². The number of carbonyl (C=O) groups excluding carboxylic acids is 2. The van der Waals surface area contributed by atoms with E-state index in [4.69, 9.17) is 4.42 Å². The number of piperidine rings is 1. The second-order valence-electron chi connectivity index (χ2n) is 9.26. The van der Waals surface area contributed by atoms with Crippen LogP contribution in [0.5, 0.6) is 0 Å². The molecule has 1 saturated heterocycles. The Bertz CT molecular complexity index is 1130. The van der Waals surface area contributed by atoms with E-state index in [1.807, 2.05) is 66.4 Å². The molecule has 2 aromatic heterocycles. The number of aryl methyl sites for hydroxylation is 1. The van der Waals surface area contributed by atoms with Crippen molar-refractivity contribution in [3.8, 4) is 11.3 Å². The van der Waals surface area contributed by atoms with E-state index < -0.39 is 0 Å². The van der Waals surface area contributed by atoms with Gasteiger partial charge in [-0.05, 0) is 68.0 Å². The van der Waals surface area contributed by atoms with Gasteiger partial charge in [0.2, 0.25) is 5.91 Å². The Labute approximate surface area is 194 Å². The Morgan fingerprint density at radius 2 is 1.88 bits per heavy atom. The molecule has 6 nitrogen and oxygen atoms in total. The number of pyridine rings is 1. The summed E-state index contributed by atoms with van der Waals surface area (Å²) in [5, 5.41) is 3.08. The quantitative estimate of drug-likeness (QED) is 0.618. The first-order valence-corrected chi connectivity index (χ1v) is 11.7. The molecule has 1 aromatic carbocycles. The summed E-state index contributed by atoms with van der Waals surface area (Å²) >= 11 is 0. The predicted molar refractivity (Wildman–Crippen MR) is 126 cm³/mol. The van der Waals surface area contributed by atoms with Crippen LogP contribution in [0.1, 0.15) is 41.1 Å². The van der Waals surface area contributed by atoms with Gasteiger partial charge in [0.05, 0.1) is 0 Å². The van der Waals surface area contributed by atoms with Crippen molar-refractivity contribution in [1.29, 1.82) is 0 Å². The van der Waals surface area contributed by atoms with Crippen molar-refractivity contribution in [1.82, 2.24) is 15.2 Å². The van der Waals surface area contributed by atoms with Crippen LogP contribution >= 0.6 is 0 Å². The largest absolute Gasteiger partial charge is 0.461 e. The second kappa shape index (κ2) is 8.85. The fourth-order valence-corrected chi connectivity index (χ4v) is 4.96. The molecule has 1 spiro atoms. The second-order valence-corrected chi connectivity index (χ2v) is 9.26. The van der Waals surface area contributed by atoms with Crippen LogP contribution in [0, 0.1) is 18.3 Å². The van der Waals surface area contributed by atoms with Gasteiger partial charge in [0, 0.05) is 55.0 Å². The molecule has 1 atom stereocenters. The summed E-state index contributed by atoms with van der Waals surface area (Å²) in [5.41, 5.74) is 2.72. The van der Waals surface area contributed by atoms with Gasteiger partial charge in [-0.25, -0.2) is 0 Å². The SMILES string of the molecule is Cc1ccc(-c2ccc(C(=O)N3CCC4(CC3)C[C@@H]4C(=O)NCCc3ccccn3)cc2)o1. The lowest BCUT2D eigenvalue weighted by Crippen LogP contribution is -2.40. The highest BCUT2D eigenvalue weighted by Crippen LogP contribution is 2.59.